The van der Waals surface area contributed by atoms with Gasteiger partial charge in [-0.15, -0.1) is 0 Å². The van der Waals surface area contributed by atoms with E-state index in [1.807, 2.05) is 19.9 Å². The summed E-state index contributed by atoms with van der Waals surface area (Å²) >= 11 is 3.32. The quantitative estimate of drug-likeness (QED) is 0.891. The first-order chi connectivity index (χ1) is 7.54. The molecule has 3 N–H and O–H groups in total. The van der Waals surface area contributed by atoms with Gasteiger partial charge < -0.3 is 11.1 Å². The number of rotatable bonds is 4. The second kappa shape index (κ2) is 5.96. The minimum Gasteiger partial charge on any atom is -0.320 e. The van der Waals surface area contributed by atoms with Crippen molar-refractivity contribution in [2.75, 3.05) is 5.32 Å². The van der Waals surface area contributed by atoms with Crippen LogP contribution in [0.1, 0.15) is 25.3 Å². The number of nitrogens with two attached hydrogens (primary N) is 1. The van der Waals surface area contributed by atoms with Crippen LogP contribution >= 0.6 is 15.9 Å². The summed E-state index contributed by atoms with van der Waals surface area (Å²) in [5, 5.41) is 2.73. The van der Waals surface area contributed by atoms with Gasteiger partial charge in [0, 0.05) is 10.7 Å². The molecule has 0 radical (unpaired) electrons. The number of carbonyl (C=O) groups is 1. The molecule has 1 amide bonds. The van der Waals surface area contributed by atoms with Crippen molar-refractivity contribution in [1.29, 1.82) is 0 Å². The Kier molecular flexibility index (Phi) is 4.89. The predicted molar refractivity (Wildman–Crippen MR) is 68.2 cm³/mol. The molecule has 0 spiro atoms. The monoisotopic (exact) mass is 285 g/mol. The zero-order chi connectivity index (χ0) is 12.1. The number of amides is 1. The maximum atomic E-state index is 11.7. The van der Waals surface area contributed by atoms with Crippen LogP contribution in [0.4, 0.5) is 5.82 Å². The fourth-order valence-electron chi connectivity index (χ4n) is 1.32. The van der Waals surface area contributed by atoms with Gasteiger partial charge in [0.2, 0.25) is 5.91 Å². The van der Waals surface area contributed by atoms with Crippen LogP contribution in [0.3, 0.4) is 0 Å². The number of aromatic nitrogens is 1. The summed E-state index contributed by atoms with van der Waals surface area (Å²) in [5.74, 6) is 0.388. The van der Waals surface area contributed by atoms with E-state index in [-0.39, 0.29) is 5.91 Å². The molecule has 0 aliphatic rings. The Balaban J connectivity index is 2.69. The average Bonchev–Trinajstić information content (AvgIpc) is 2.22. The second-order valence-corrected chi connectivity index (χ2v) is 4.62. The first kappa shape index (κ1) is 13.1. The van der Waals surface area contributed by atoms with Crippen LogP contribution in [0.15, 0.2) is 16.7 Å². The highest BCUT2D eigenvalue weighted by molar-refractivity contribution is 9.10. The molecule has 1 atom stereocenters. The van der Waals surface area contributed by atoms with Crippen LogP contribution < -0.4 is 11.1 Å². The van der Waals surface area contributed by atoms with Gasteiger partial charge in [-0.2, -0.15) is 0 Å². The first-order valence-electron chi connectivity index (χ1n) is 5.23. The van der Waals surface area contributed by atoms with Crippen LogP contribution in [0.2, 0.25) is 0 Å². The Morgan fingerprint density at radius 1 is 1.69 bits per heavy atom. The van der Waals surface area contributed by atoms with E-state index in [1.165, 1.54) is 0 Å². The summed E-state index contributed by atoms with van der Waals surface area (Å²) in [5.41, 5.74) is 6.62. The predicted octanol–water partition coefficient (Wildman–Crippen LogP) is 2.22. The Morgan fingerprint density at radius 2 is 2.38 bits per heavy atom. The molecule has 88 valence electrons. The third-order valence-corrected chi connectivity index (χ3v) is 2.66. The van der Waals surface area contributed by atoms with Gasteiger partial charge in [-0.3, -0.25) is 4.79 Å². The van der Waals surface area contributed by atoms with Gasteiger partial charge in [0.15, 0.2) is 0 Å². The average molecular weight is 286 g/mol. The summed E-state index contributed by atoms with van der Waals surface area (Å²) in [6.07, 6.45) is 3.22. The highest BCUT2D eigenvalue weighted by atomic mass is 79.9. The molecule has 1 aromatic heterocycles. The number of anilines is 1. The number of halogens is 1. The maximum absolute atomic E-state index is 11.7. The number of hydrogen-bond donors (Lipinski definition) is 2. The SMILES string of the molecule is CCC[C@H](N)C(=O)Nc1ncc(Br)cc1C. The van der Waals surface area contributed by atoms with Gasteiger partial charge in [0.1, 0.15) is 5.82 Å². The minimum absolute atomic E-state index is 0.181. The molecule has 0 aliphatic carbocycles. The van der Waals surface area contributed by atoms with Gasteiger partial charge in [-0.1, -0.05) is 13.3 Å². The number of nitrogens with one attached hydrogen (secondary N) is 1. The highest BCUT2D eigenvalue weighted by Gasteiger charge is 2.13. The van der Waals surface area contributed by atoms with E-state index in [9.17, 15) is 4.79 Å². The summed E-state index contributed by atoms with van der Waals surface area (Å²) in [6.45, 7) is 3.88. The lowest BCUT2D eigenvalue weighted by atomic mass is 10.1. The Labute approximate surface area is 104 Å². The molecule has 1 rings (SSSR count). The molecular formula is C11H16BrN3O. The van der Waals surface area contributed by atoms with Crippen LogP contribution in [-0.4, -0.2) is 16.9 Å². The zero-order valence-corrected chi connectivity index (χ0v) is 11.0. The van der Waals surface area contributed by atoms with Gasteiger partial charge >= 0.3 is 0 Å². The van der Waals surface area contributed by atoms with Crippen LogP contribution in [-0.2, 0) is 4.79 Å². The van der Waals surface area contributed by atoms with Crippen LogP contribution in [0.5, 0.6) is 0 Å². The van der Waals surface area contributed by atoms with E-state index in [0.717, 1.165) is 16.5 Å². The molecule has 0 saturated carbocycles. The number of hydrogen-bond acceptors (Lipinski definition) is 3. The van der Waals surface area contributed by atoms with E-state index in [1.54, 1.807) is 6.20 Å². The fourth-order valence-corrected chi connectivity index (χ4v) is 1.77. The third kappa shape index (κ3) is 3.57. The number of aryl methyl sites for hydroxylation is 1. The molecule has 4 nitrogen and oxygen atoms in total. The molecule has 0 aromatic carbocycles. The van der Waals surface area contributed by atoms with E-state index in [4.69, 9.17) is 5.73 Å². The summed E-state index contributed by atoms with van der Waals surface area (Å²) in [7, 11) is 0. The molecule has 5 heteroatoms. The Hall–Kier alpha value is -0.940. The van der Waals surface area contributed by atoms with Crippen LogP contribution in [0, 0.1) is 6.92 Å². The highest BCUT2D eigenvalue weighted by Crippen LogP contribution is 2.16. The van der Waals surface area contributed by atoms with E-state index >= 15 is 0 Å². The number of nitrogens with zero attached hydrogens (tertiary/aromatic N) is 1. The topological polar surface area (TPSA) is 68.0 Å². The molecule has 0 fully saturated rings. The van der Waals surface area contributed by atoms with Crippen molar-refractivity contribution in [1.82, 2.24) is 4.98 Å². The van der Waals surface area contributed by atoms with Crippen molar-refractivity contribution in [2.45, 2.75) is 32.7 Å². The maximum Gasteiger partial charge on any atom is 0.242 e. The lowest BCUT2D eigenvalue weighted by molar-refractivity contribution is -0.117. The van der Waals surface area contributed by atoms with Gasteiger partial charge in [-0.25, -0.2) is 4.98 Å². The third-order valence-electron chi connectivity index (χ3n) is 2.22. The Bertz CT molecular complexity index is 381. The Morgan fingerprint density at radius 3 is 2.94 bits per heavy atom. The lowest BCUT2D eigenvalue weighted by Gasteiger charge is -2.12. The second-order valence-electron chi connectivity index (χ2n) is 3.70. The molecule has 0 aliphatic heterocycles. The first-order valence-corrected chi connectivity index (χ1v) is 6.02. The minimum atomic E-state index is -0.463. The van der Waals surface area contributed by atoms with Crippen molar-refractivity contribution in [3.05, 3.63) is 22.3 Å². The molecule has 0 unspecified atom stereocenters. The van der Waals surface area contributed by atoms with E-state index < -0.39 is 6.04 Å². The van der Waals surface area contributed by atoms with Gasteiger partial charge in [0.25, 0.3) is 0 Å². The fraction of sp³-hybridized carbons (Fsp3) is 0.455. The molecule has 16 heavy (non-hydrogen) atoms. The van der Waals surface area contributed by atoms with Crippen molar-refractivity contribution in [2.24, 2.45) is 5.73 Å². The molecule has 0 saturated heterocycles. The number of carbonyl (C=O) groups excluding carboxylic acids is 1. The van der Waals surface area contributed by atoms with Crippen LogP contribution in [0.25, 0.3) is 0 Å². The summed E-state index contributed by atoms with van der Waals surface area (Å²) in [4.78, 5) is 15.8. The molecular weight excluding hydrogens is 270 g/mol. The molecule has 1 aromatic rings. The summed E-state index contributed by atoms with van der Waals surface area (Å²) < 4.78 is 0.890. The summed E-state index contributed by atoms with van der Waals surface area (Å²) in [6, 6.07) is 1.43. The standard InChI is InChI=1S/C11H16BrN3O/c1-3-4-9(13)11(16)15-10-7(2)5-8(12)6-14-10/h5-6,9H,3-4,13H2,1-2H3,(H,14,15,16)/t9-/m0/s1. The van der Waals surface area contributed by atoms with Crippen molar-refractivity contribution >= 4 is 27.7 Å². The zero-order valence-electron chi connectivity index (χ0n) is 9.46. The largest absolute Gasteiger partial charge is 0.320 e. The number of pyridine rings is 1. The van der Waals surface area contributed by atoms with E-state index in [2.05, 4.69) is 26.2 Å². The van der Waals surface area contributed by atoms with E-state index in [0.29, 0.717) is 12.2 Å². The van der Waals surface area contributed by atoms with Crippen molar-refractivity contribution in [3.63, 3.8) is 0 Å². The molecule has 1 heterocycles. The normalized spacial score (nSPS) is 12.2. The van der Waals surface area contributed by atoms with Gasteiger partial charge in [-0.05, 0) is 40.9 Å². The lowest BCUT2D eigenvalue weighted by Crippen LogP contribution is -2.35. The smallest absolute Gasteiger partial charge is 0.242 e. The molecule has 0 bridgehead atoms. The van der Waals surface area contributed by atoms with Gasteiger partial charge in [0.05, 0.1) is 6.04 Å². The van der Waals surface area contributed by atoms with Crippen molar-refractivity contribution in [3.8, 4) is 0 Å². The van der Waals surface area contributed by atoms with Crippen molar-refractivity contribution < 1.29 is 4.79 Å².